The van der Waals surface area contributed by atoms with Gasteiger partial charge in [0.1, 0.15) is 17.2 Å². The molecule has 0 saturated carbocycles. The van der Waals surface area contributed by atoms with Crippen molar-refractivity contribution in [3.8, 4) is 5.75 Å². The van der Waals surface area contributed by atoms with Crippen LogP contribution in [0.15, 0.2) is 29.2 Å². The SMILES string of the molecule is COc1ccccc1CN(C)C(=O)Cn1nc(C)c(S(=O)(=O)N2CCOCC2)c1C. The van der Waals surface area contributed by atoms with E-state index < -0.39 is 10.0 Å². The van der Waals surface area contributed by atoms with Crippen molar-refractivity contribution in [2.45, 2.75) is 31.8 Å². The number of hydrogen-bond donors (Lipinski definition) is 0. The molecule has 0 N–H and O–H groups in total. The molecule has 1 aromatic heterocycles. The lowest BCUT2D eigenvalue weighted by atomic mass is 10.2. The van der Waals surface area contributed by atoms with E-state index in [4.69, 9.17) is 9.47 Å². The number of nitrogens with zero attached hydrogens (tertiary/aromatic N) is 4. The summed E-state index contributed by atoms with van der Waals surface area (Å²) in [5.41, 5.74) is 1.73. The van der Waals surface area contributed by atoms with Crippen molar-refractivity contribution in [3.63, 3.8) is 0 Å². The van der Waals surface area contributed by atoms with Crippen LogP contribution in [0, 0.1) is 13.8 Å². The van der Waals surface area contributed by atoms with Crippen LogP contribution >= 0.6 is 0 Å². The Balaban J connectivity index is 1.77. The third kappa shape index (κ3) is 4.50. The Morgan fingerprint density at radius 2 is 1.90 bits per heavy atom. The van der Waals surface area contributed by atoms with Crippen molar-refractivity contribution in [1.82, 2.24) is 19.0 Å². The molecule has 2 heterocycles. The van der Waals surface area contributed by atoms with Gasteiger partial charge in [0.05, 0.1) is 31.7 Å². The second kappa shape index (κ2) is 9.15. The summed E-state index contributed by atoms with van der Waals surface area (Å²) >= 11 is 0. The molecule has 1 fully saturated rings. The number of morpholine rings is 1. The summed E-state index contributed by atoms with van der Waals surface area (Å²) < 4.78 is 39.6. The van der Waals surface area contributed by atoms with Crippen LogP contribution in [0.3, 0.4) is 0 Å². The van der Waals surface area contributed by atoms with Gasteiger partial charge in [-0.3, -0.25) is 9.48 Å². The van der Waals surface area contributed by atoms with Gasteiger partial charge in [0.25, 0.3) is 0 Å². The van der Waals surface area contributed by atoms with E-state index in [9.17, 15) is 13.2 Å². The number of para-hydroxylation sites is 1. The number of aromatic nitrogens is 2. The standard InChI is InChI=1S/C20H28N4O5S/c1-15-20(30(26,27)23-9-11-29-12-10-23)16(2)24(21-15)14-19(25)22(3)13-17-7-5-6-8-18(17)28-4/h5-8H,9-14H2,1-4H3. The molecule has 1 aliphatic heterocycles. The zero-order valence-electron chi connectivity index (χ0n) is 17.8. The predicted molar refractivity (Wildman–Crippen MR) is 111 cm³/mol. The van der Waals surface area contributed by atoms with Gasteiger partial charge in [-0.25, -0.2) is 8.42 Å². The van der Waals surface area contributed by atoms with Crippen molar-refractivity contribution in [3.05, 3.63) is 41.2 Å². The molecule has 1 aliphatic rings. The summed E-state index contributed by atoms with van der Waals surface area (Å²) in [7, 11) is -0.397. The number of carbonyl (C=O) groups is 1. The number of hydrogen-bond acceptors (Lipinski definition) is 6. The smallest absolute Gasteiger partial charge is 0.246 e. The van der Waals surface area contributed by atoms with Crippen molar-refractivity contribution in [2.75, 3.05) is 40.5 Å². The maximum atomic E-state index is 13.1. The van der Waals surface area contributed by atoms with Gasteiger partial charge in [0, 0.05) is 32.2 Å². The number of amides is 1. The van der Waals surface area contributed by atoms with Gasteiger partial charge in [-0.05, 0) is 19.9 Å². The number of rotatable bonds is 7. The highest BCUT2D eigenvalue weighted by molar-refractivity contribution is 7.89. The van der Waals surface area contributed by atoms with Crippen LogP contribution in [0.2, 0.25) is 0 Å². The molecular formula is C20H28N4O5S. The van der Waals surface area contributed by atoms with Crippen LogP contribution in [0.4, 0.5) is 0 Å². The second-order valence-electron chi connectivity index (χ2n) is 7.24. The zero-order valence-corrected chi connectivity index (χ0v) is 18.6. The van der Waals surface area contributed by atoms with E-state index in [1.807, 2.05) is 24.3 Å². The highest BCUT2D eigenvalue weighted by atomic mass is 32.2. The van der Waals surface area contributed by atoms with Gasteiger partial charge in [0.15, 0.2) is 0 Å². The lowest BCUT2D eigenvalue weighted by Crippen LogP contribution is -2.41. The highest BCUT2D eigenvalue weighted by Crippen LogP contribution is 2.24. The summed E-state index contributed by atoms with van der Waals surface area (Å²) in [6.45, 7) is 5.04. The number of ether oxygens (including phenoxy) is 2. The number of benzene rings is 1. The lowest BCUT2D eigenvalue weighted by Gasteiger charge is -2.26. The number of carbonyl (C=O) groups excluding carboxylic acids is 1. The van der Waals surface area contributed by atoms with Gasteiger partial charge in [-0.2, -0.15) is 9.40 Å². The molecule has 9 nitrogen and oxygen atoms in total. The van der Waals surface area contributed by atoms with E-state index in [0.29, 0.717) is 50.0 Å². The predicted octanol–water partition coefficient (Wildman–Crippen LogP) is 1.19. The largest absolute Gasteiger partial charge is 0.496 e. The van der Waals surface area contributed by atoms with Crippen LogP contribution in [0.5, 0.6) is 5.75 Å². The Morgan fingerprint density at radius 1 is 1.23 bits per heavy atom. The molecule has 0 radical (unpaired) electrons. The number of sulfonamides is 1. The van der Waals surface area contributed by atoms with E-state index in [2.05, 4.69) is 5.10 Å². The molecule has 30 heavy (non-hydrogen) atoms. The molecular weight excluding hydrogens is 408 g/mol. The molecule has 1 saturated heterocycles. The van der Waals surface area contributed by atoms with E-state index in [0.717, 1.165) is 5.56 Å². The van der Waals surface area contributed by atoms with E-state index >= 15 is 0 Å². The third-order valence-corrected chi connectivity index (χ3v) is 7.35. The highest BCUT2D eigenvalue weighted by Gasteiger charge is 2.32. The van der Waals surface area contributed by atoms with Gasteiger partial charge < -0.3 is 14.4 Å². The van der Waals surface area contributed by atoms with E-state index in [-0.39, 0.29) is 17.3 Å². The van der Waals surface area contributed by atoms with E-state index in [1.165, 1.54) is 8.99 Å². The van der Waals surface area contributed by atoms with Gasteiger partial charge in [-0.15, -0.1) is 0 Å². The Hall–Kier alpha value is -2.43. The van der Waals surface area contributed by atoms with Gasteiger partial charge in [0.2, 0.25) is 15.9 Å². The van der Waals surface area contributed by atoms with Crippen molar-refractivity contribution in [2.24, 2.45) is 0 Å². The van der Waals surface area contributed by atoms with Crippen molar-refractivity contribution < 1.29 is 22.7 Å². The topological polar surface area (TPSA) is 94.0 Å². The first-order chi connectivity index (χ1) is 14.3. The van der Waals surface area contributed by atoms with Crippen molar-refractivity contribution in [1.29, 1.82) is 0 Å². The molecule has 1 aromatic carbocycles. The summed E-state index contributed by atoms with van der Waals surface area (Å²) in [6, 6.07) is 7.51. The fourth-order valence-electron chi connectivity index (χ4n) is 3.55. The summed E-state index contributed by atoms with van der Waals surface area (Å²) in [6.07, 6.45) is 0. The molecule has 0 bridgehead atoms. The van der Waals surface area contributed by atoms with Crippen molar-refractivity contribution >= 4 is 15.9 Å². The Bertz CT molecular complexity index is 1010. The summed E-state index contributed by atoms with van der Waals surface area (Å²) in [5.74, 6) is 0.531. The fourth-order valence-corrected chi connectivity index (χ4v) is 5.33. The van der Waals surface area contributed by atoms with Crippen LogP contribution in [0.1, 0.15) is 17.0 Å². The molecule has 3 rings (SSSR count). The summed E-state index contributed by atoms with van der Waals surface area (Å²) in [5, 5.41) is 4.34. The Kier molecular flexibility index (Phi) is 6.79. The molecule has 1 amide bonds. The summed E-state index contributed by atoms with van der Waals surface area (Å²) in [4.78, 5) is 14.5. The second-order valence-corrected chi connectivity index (χ2v) is 9.11. The molecule has 0 atom stereocenters. The first kappa shape index (κ1) is 22.3. The van der Waals surface area contributed by atoms with Crippen LogP contribution in [-0.2, 0) is 32.6 Å². The fraction of sp³-hybridized carbons (Fsp3) is 0.500. The number of likely N-dealkylation sites (N-methyl/N-ethyl adjacent to an activating group) is 1. The molecule has 10 heteroatoms. The Morgan fingerprint density at radius 3 is 2.57 bits per heavy atom. The van der Waals surface area contributed by atoms with Crippen LogP contribution < -0.4 is 4.74 Å². The van der Waals surface area contributed by atoms with E-state index in [1.54, 1.807) is 32.9 Å². The molecule has 164 valence electrons. The molecule has 2 aromatic rings. The average Bonchev–Trinajstić information content (AvgIpc) is 3.02. The number of aryl methyl sites for hydroxylation is 1. The number of methoxy groups -OCH3 is 1. The quantitative estimate of drug-likeness (QED) is 0.647. The maximum absolute atomic E-state index is 13.1. The monoisotopic (exact) mass is 436 g/mol. The minimum atomic E-state index is -3.69. The molecule has 0 unspecified atom stereocenters. The first-order valence-electron chi connectivity index (χ1n) is 9.73. The maximum Gasteiger partial charge on any atom is 0.246 e. The molecule has 0 aliphatic carbocycles. The normalized spacial score (nSPS) is 15.2. The lowest BCUT2D eigenvalue weighted by molar-refractivity contribution is -0.131. The van der Waals surface area contributed by atoms with Crippen LogP contribution in [0.25, 0.3) is 0 Å². The van der Waals surface area contributed by atoms with Gasteiger partial charge in [-0.1, -0.05) is 18.2 Å². The van der Waals surface area contributed by atoms with Gasteiger partial charge >= 0.3 is 0 Å². The minimum Gasteiger partial charge on any atom is -0.496 e. The zero-order chi connectivity index (χ0) is 21.9. The third-order valence-electron chi connectivity index (χ3n) is 5.19. The first-order valence-corrected chi connectivity index (χ1v) is 11.2. The molecule has 0 spiro atoms. The Labute approximate surface area is 177 Å². The van der Waals surface area contributed by atoms with Crippen LogP contribution in [-0.4, -0.2) is 73.8 Å². The minimum absolute atomic E-state index is 0.0447. The average molecular weight is 437 g/mol.